The summed E-state index contributed by atoms with van der Waals surface area (Å²) < 4.78 is 22.1. The average molecular weight is 687 g/mol. The minimum absolute atomic E-state index is 0.399. The van der Waals surface area contributed by atoms with E-state index in [1.807, 2.05) is 12.2 Å². The molecule has 2 rings (SSSR count). The maximum Gasteiger partial charge on any atom is 0.202 e. The van der Waals surface area contributed by atoms with Crippen LogP contribution >= 0.6 is 0 Å². The first-order chi connectivity index (χ1) is 21.1. The predicted octanol–water partition coefficient (Wildman–Crippen LogP) is 10.9. The fourth-order valence-corrected chi connectivity index (χ4v) is 26.1. The maximum absolute atomic E-state index is 11.5. The predicted molar refractivity (Wildman–Crippen MR) is 205 cm³/mol. The molecule has 0 bridgehead atoms. The van der Waals surface area contributed by atoms with E-state index >= 15 is 0 Å². The van der Waals surface area contributed by atoms with Gasteiger partial charge in [0.05, 0.1) is 0 Å². The van der Waals surface area contributed by atoms with Crippen molar-refractivity contribution in [3.8, 4) is 23.7 Å². The number of rotatable bonds is 15. The van der Waals surface area contributed by atoms with Crippen LogP contribution in [0, 0.1) is 23.7 Å². The molecule has 0 saturated carbocycles. The highest BCUT2D eigenvalue weighted by atomic mass is 28.4. The summed E-state index contributed by atoms with van der Waals surface area (Å²) in [7, 11) is -6.95. The monoisotopic (exact) mass is 686 g/mol. The molecule has 2 aliphatic rings. The zero-order valence-electron chi connectivity index (χ0n) is 32.8. The average Bonchev–Trinajstić information content (AvgIpc) is 3.23. The molecule has 0 spiro atoms. The molecular formula is C39H70O4Si3. The SMILES string of the molecule is CC(C)[Si](O[C@H]1C#C/C=C2\C(=C[C@H](O)[C@H]2O[Si](C(C)C)(C(C)C)C(C)C)C#C[C@@H]1O[Si](C(C)C)(C(C)C)C(C)C)(C(C)C)C(C)C. The molecule has 0 heterocycles. The van der Waals surface area contributed by atoms with E-state index in [4.69, 9.17) is 13.3 Å². The molecule has 0 amide bonds. The summed E-state index contributed by atoms with van der Waals surface area (Å²) in [5.41, 5.74) is 5.33. The van der Waals surface area contributed by atoms with Gasteiger partial charge in [-0.15, -0.1) is 0 Å². The summed E-state index contributed by atoms with van der Waals surface area (Å²) >= 11 is 0. The first kappa shape index (κ1) is 41.3. The van der Waals surface area contributed by atoms with E-state index in [1.165, 1.54) is 0 Å². The van der Waals surface area contributed by atoms with Crippen molar-refractivity contribution < 1.29 is 18.4 Å². The van der Waals surface area contributed by atoms with Gasteiger partial charge in [-0.2, -0.15) is 0 Å². The Bertz CT molecular complexity index is 1140. The third-order valence-corrected chi connectivity index (χ3v) is 29.7. The number of aliphatic hydroxyl groups excluding tert-OH is 1. The second kappa shape index (κ2) is 16.2. The number of hydrogen-bond acceptors (Lipinski definition) is 4. The fraction of sp³-hybridized carbons (Fsp3) is 0.795. The Morgan fingerprint density at radius 2 is 0.848 bits per heavy atom. The van der Waals surface area contributed by atoms with Crippen molar-refractivity contribution >= 4 is 25.0 Å². The van der Waals surface area contributed by atoms with Crippen molar-refractivity contribution in [1.82, 2.24) is 0 Å². The van der Waals surface area contributed by atoms with Crippen molar-refractivity contribution in [1.29, 1.82) is 0 Å². The number of aliphatic hydroxyl groups is 1. The molecule has 0 aliphatic heterocycles. The Hall–Kier alpha value is -0.909. The van der Waals surface area contributed by atoms with Crippen LogP contribution in [0.4, 0.5) is 0 Å². The van der Waals surface area contributed by atoms with E-state index in [2.05, 4.69) is 148 Å². The van der Waals surface area contributed by atoms with Gasteiger partial charge in [0.2, 0.25) is 25.0 Å². The molecule has 0 unspecified atom stereocenters. The largest absolute Gasteiger partial charge is 0.406 e. The molecule has 0 aromatic heterocycles. The Labute approximate surface area is 288 Å². The van der Waals surface area contributed by atoms with Gasteiger partial charge in [0.1, 0.15) is 24.4 Å². The fourth-order valence-electron chi connectivity index (χ4n) is 9.67. The van der Waals surface area contributed by atoms with E-state index in [0.29, 0.717) is 49.9 Å². The number of hydrogen-bond donors (Lipinski definition) is 1. The molecule has 7 heteroatoms. The van der Waals surface area contributed by atoms with Crippen molar-refractivity contribution in [3.05, 3.63) is 23.3 Å². The van der Waals surface area contributed by atoms with Gasteiger partial charge in [0.15, 0.2) is 0 Å². The summed E-state index contributed by atoms with van der Waals surface area (Å²) in [5, 5.41) is 11.5. The first-order valence-corrected chi connectivity index (χ1v) is 24.7. The van der Waals surface area contributed by atoms with Crippen LogP contribution in [0.2, 0.25) is 49.9 Å². The quantitative estimate of drug-likeness (QED) is 0.138. The third kappa shape index (κ3) is 7.77. The lowest BCUT2D eigenvalue weighted by molar-refractivity contribution is 0.0860. The summed E-state index contributed by atoms with van der Waals surface area (Å²) in [4.78, 5) is 0. The number of allylic oxidation sites excluding steroid dienone is 1. The molecule has 0 saturated heterocycles. The molecule has 2 aliphatic carbocycles. The molecule has 46 heavy (non-hydrogen) atoms. The highest BCUT2D eigenvalue weighted by Crippen LogP contribution is 2.48. The Morgan fingerprint density at radius 1 is 0.522 bits per heavy atom. The zero-order chi connectivity index (χ0) is 35.5. The normalized spacial score (nSPS) is 23.9. The molecular weight excluding hydrogens is 617 g/mol. The summed E-state index contributed by atoms with van der Waals surface area (Å²) in [6.07, 6.45) is 1.66. The molecule has 262 valence electrons. The zero-order valence-corrected chi connectivity index (χ0v) is 35.8. The van der Waals surface area contributed by atoms with Crippen LogP contribution in [0.1, 0.15) is 125 Å². The van der Waals surface area contributed by atoms with Gasteiger partial charge in [-0.25, -0.2) is 0 Å². The van der Waals surface area contributed by atoms with E-state index in [0.717, 1.165) is 11.1 Å². The van der Waals surface area contributed by atoms with E-state index in [-0.39, 0.29) is 0 Å². The molecule has 1 N–H and O–H groups in total. The number of fused-ring (bicyclic) bond motifs is 1. The second-order valence-electron chi connectivity index (χ2n) is 16.8. The highest BCUT2D eigenvalue weighted by molar-refractivity contribution is 6.78. The second-order valence-corrected chi connectivity index (χ2v) is 33.0. The van der Waals surface area contributed by atoms with Crippen LogP contribution in [-0.2, 0) is 13.3 Å². The summed E-state index contributed by atoms with van der Waals surface area (Å²) in [6, 6.07) is 0. The van der Waals surface area contributed by atoms with Crippen molar-refractivity contribution in [2.75, 3.05) is 0 Å². The van der Waals surface area contributed by atoms with Crippen LogP contribution in [0.3, 0.4) is 0 Å². The first-order valence-electron chi connectivity index (χ1n) is 18.3. The molecule has 0 aromatic rings. The van der Waals surface area contributed by atoms with E-state index in [9.17, 15) is 5.11 Å². The molecule has 4 nitrogen and oxygen atoms in total. The lowest BCUT2D eigenvalue weighted by atomic mass is 10.1. The van der Waals surface area contributed by atoms with Crippen molar-refractivity contribution in [3.63, 3.8) is 0 Å². The van der Waals surface area contributed by atoms with Crippen LogP contribution < -0.4 is 0 Å². The minimum atomic E-state index is -2.34. The summed E-state index contributed by atoms with van der Waals surface area (Å²) in [6.45, 7) is 41.5. The topological polar surface area (TPSA) is 47.9 Å². The van der Waals surface area contributed by atoms with Gasteiger partial charge in [0.25, 0.3) is 0 Å². The van der Waals surface area contributed by atoms with Crippen LogP contribution in [0.15, 0.2) is 23.3 Å². The van der Waals surface area contributed by atoms with Gasteiger partial charge < -0.3 is 18.4 Å². The van der Waals surface area contributed by atoms with E-state index in [1.54, 1.807) is 0 Å². The molecule has 4 atom stereocenters. The van der Waals surface area contributed by atoms with Crippen molar-refractivity contribution in [2.24, 2.45) is 0 Å². The van der Waals surface area contributed by atoms with Gasteiger partial charge >= 0.3 is 0 Å². The van der Waals surface area contributed by atoms with Gasteiger partial charge in [-0.3, -0.25) is 0 Å². The Morgan fingerprint density at radius 3 is 1.20 bits per heavy atom. The Kier molecular flexibility index (Phi) is 14.5. The van der Waals surface area contributed by atoms with Crippen LogP contribution in [0.5, 0.6) is 0 Å². The lowest BCUT2D eigenvalue weighted by Gasteiger charge is -2.47. The molecule has 0 aromatic carbocycles. The summed E-state index contributed by atoms with van der Waals surface area (Å²) in [5.74, 6) is 14.1. The highest BCUT2D eigenvalue weighted by Gasteiger charge is 2.52. The smallest absolute Gasteiger partial charge is 0.202 e. The Balaban J connectivity index is 2.83. The van der Waals surface area contributed by atoms with Crippen LogP contribution in [0.25, 0.3) is 0 Å². The maximum atomic E-state index is 11.5. The molecule has 0 radical (unpaired) electrons. The van der Waals surface area contributed by atoms with E-state index < -0.39 is 49.4 Å². The van der Waals surface area contributed by atoms with Gasteiger partial charge in [-0.05, 0) is 62.0 Å². The van der Waals surface area contributed by atoms with Gasteiger partial charge in [-0.1, -0.05) is 148 Å². The minimum Gasteiger partial charge on any atom is -0.406 e. The van der Waals surface area contributed by atoms with Crippen LogP contribution in [-0.4, -0.2) is 54.5 Å². The standard InChI is InChI=1S/C39H70O4Si3/c1-25(2)44(26(3)4,27(5)6)41-37-21-19-20-35-34(22-23-38(37)42-45(28(7)8,29(9)10)30(11)12)24-36(40)39(35)43-46(31(13)14,32(15)16)33(17)18/h20,24-33,36-40H,1-18H3/b35-20+/t36-,37-,38-,39-/m0/s1. The lowest BCUT2D eigenvalue weighted by Crippen LogP contribution is -2.56. The molecule has 0 fully saturated rings. The van der Waals surface area contributed by atoms with Gasteiger partial charge in [0, 0.05) is 11.1 Å². The third-order valence-electron chi connectivity index (χ3n) is 11.5. The van der Waals surface area contributed by atoms with Crippen molar-refractivity contribution in [2.45, 2.75) is 199 Å².